The minimum absolute atomic E-state index is 0. The fourth-order valence-corrected chi connectivity index (χ4v) is 3.73. The Morgan fingerprint density at radius 1 is 1.20 bits per heavy atom. The monoisotopic (exact) mass is 479 g/mol. The molecule has 7 heteroatoms. The predicted octanol–water partition coefficient (Wildman–Crippen LogP) is 2.52. The van der Waals surface area contributed by atoms with E-state index in [9.17, 15) is 0 Å². The number of rotatable bonds is 7. The number of hydrogen-bond donors (Lipinski definition) is 2. The van der Waals surface area contributed by atoms with Gasteiger partial charge in [0.25, 0.3) is 0 Å². The zero-order chi connectivity index (χ0) is 17.4. The van der Waals surface area contributed by atoms with Crippen molar-refractivity contribution >= 4 is 41.3 Å². The zero-order valence-electron chi connectivity index (χ0n) is 16.0. The van der Waals surface area contributed by atoms with Gasteiger partial charge >= 0.3 is 0 Å². The molecule has 1 aromatic rings. The molecule has 1 aliphatic heterocycles. The van der Waals surface area contributed by atoms with Crippen molar-refractivity contribution in [2.75, 3.05) is 59.9 Å². The molecular formula is C18H34IN5S. The average molecular weight is 479 g/mol. The Kier molecular flexibility index (Phi) is 11.0. The summed E-state index contributed by atoms with van der Waals surface area (Å²) in [5, 5.41) is 11.3. The maximum Gasteiger partial charge on any atom is 0.191 e. The first-order valence-electron chi connectivity index (χ1n) is 8.96. The topological polar surface area (TPSA) is 42.9 Å². The van der Waals surface area contributed by atoms with Gasteiger partial charge in [-0.1, -0.05) is 13.8 Å². The van der Waals surface area contributed by atoms with E-state index in [2.05, 4.69) is 63.1 Å². The number of halogens is 1. The van der Waals surface area contributed by atoms with Crippen LogP contribution in [0.4, 0.5) is 0 Å². The maximum atomic E-state index is 4.35. The molecular weight excluding hydrogens is 445 g/mol. The third-order valence-corrected chi connectivity index (χ3v) is 5.40. The molecule has 2 N–H and O–H groups in total. The van der Waals surface area contributed by atoms with Crippen molar-refractivity contribution < 1.29 is 0 Å². The summed E-state index contributed by atoms with van der Waals surface area (Å²) >= 11 is 1.76. The van der Waals surface area contributed by atoms with Gasteiger partial charge in [-0.15, -0.1) is 24.0 Å². The molecule has 2 rings (SSSR count). The van der Waals surface area contributed by atoms with E-state index in [0.29, 0.717) is 11.8 Å². The van der Waals surface area contributed by atoms with Crippen molar-refractivity contribution in [1.82, 2.24) is 20.4 Å². The van der Waals surface area contributed by atoms with Crippen LogP contribution in [0.25, 0.3) is 0 Å². The van der Waals surface area contributed by atoms with Gasteiger partial charge in [0.1, 0.15) is 0 Å². The van der Waals surface area contributed by atoms with Crippen LogP contribution in [0.1, 0.15) is 25.3 Å². The van der Waals surface area contributed by atoms with Gasteiger partial charge in [-0.2, -0.15) is 11.3 Å². The molecule has 0 bridgehead atoms. The number of thiophene rings is 1. The van der Waals surface area contributed by atoms with Crippen LogP contribution >= 0.6 is 35.3 Å². The lowest BCUT2D eigenvalue weighted by Crippen LogP contribution is -2.47. The second-order valence-corrected chi connectivity index (χ2v) is 7.78. The molecule has 1 aromatic heterocycles. The molecule has 0 radical (unpaired) electrons. The summed E-state index contributed by atoms with van der Waals surface area (Å²) < 4.78 is 0. The summed E-state index contributed by atoms with van der Waals surface area (Å²) in [5.74, 6) is 2.01. The number of nitrogens with one attached hydrogen (secondary N) is 2. The van der Waals surface area contributed by atoms with E-state index in [0.717, 1.165) is 25.6 Å². The first kappa shape index (κ1) is 22.7. The molecule has 144 valence electrons. The summed E-state index contributed by atoms with van der Waals surface area (Å²) in [6.45, 7) is 12.3. The SMILES string of the molecule is CN=C(NCC(C)CN1CCN(C)CC1)NCC(C)c1ccsc1.I. The van der Waals surface area contributed by atoms with Crippen molar-refractivity contribution in [2.24, 2.45) is 10.9 Å². The smallest absolute Gasteiger partial charge is 0.191 e. The van der Waals surface area contributed by atoms with Crippen molar-refractivity contribution in [1.29, 1.82) is 0 Å². The summed E-state index contributed by atoms with van der Waals surface area (Å²) in [6, 6.07) is 2.20. The molecule has 0 saturated carbocycles. The molecule has 2 unspecified atom stereocenters. The largest absolute Gasteiger partial charge is 0.356 e. The van der Waals surface area contributed by atoms with E-state index < -0.39 is 0 Å². The van der Waals surface area contributed by atoms with Crippen LogP contribution in [0.15, 0.2) is 21.8 Å². The number of aliphatic imine (C=N–C) groups is 1. The van der Waals surface area contributed by atoms with E-state index in [-0.39, 0.29) is 24.0 Å². The molecule has 2 atom stereocenters. The van der Waals surface area contributed by atoms with E-state index in [1.54, 1.807) is 11.3 Å². The van der Waals surface area contributed by atoms with Gasteiger partial charge in [0.05, 0.1) is 0 Å². The lowest BCUT2D eigenvalue weighted by Gasteiger charge is -2.34. The summed E-state index contributed by atoms with van der Waals surface area (Å²) in [6.07, 6.45) is 0. The van der Waals surface area contributed by atoms with Gasteiger partial charge in [-0.25, -0.2) is 0 Å². The lowest BCUT2D eigenvalue weighted by molar-refractivity contribution is 0.139. The fourth-order valence-electron chi connectivity index (χ4n) is 2.95. The molecule has 0 spiro atoms. The number of hydrogen-bond acceptors (Lipinski definition) is 4. The van der Waals surface area contributed by atoms with Gasteiger partial charge < -0.3 is 20.4 Å². The van der Waals surface area contributed by atoms with Gasteiger partial charge in [0, 0.05) is 52.9 Å². The molecule has 1 aliphatic rings. The van der Waals surface area contributed by atoms with E-state index in [4.69, 9.17) is 0 Å². The second kappa shape index (κ2) is 12.1. The standard InChI is InChI=1S/C18H33N5S.HI/c1-15(13-23-8-6-22(4)7-9-23)11-20-18(19-3)21-12-16(2)17-5-10-24-14-17;/h5,10,14-16H,6-9,11-13H2,1-4H3,(H2,19,20,21);1H. The average Bonchev–Trinajstić information content (AvgIpc) is 3.11. The molecule has 0 aromatic carbocycles. The van der Waals surface area contributed by atoms with Crippen LogP contribution in [0, 0.1) is 5.92 Å². The first-order chi connectivity index (χ1) is 11.6. The summed E-state index contributed by atoms with van der Waals surface area (Å²) in [5.41, 5.74) is 1.39. The third kappa shape index (κ3) is 8.23. The highest BCUT2D eigenvalue weighted by Crippen LogP contribution is 2.16. The van der Waals surface area contributed by atoms with Crippen LogP contribution in [-0.4, -0.2) is 75.7 Å². The quantitative estimate of drug-likeness (QED) is 0.359. The van der Waals surface area contributed by atoms with Crippen molar-refractivity contribution in [3.05, 3.63) is 22.4 Å². The first-order valence-corrected chi connectivity index (χ1v) is 9.90. The molecule has 1 fully saturated rings. The highest BCUT2D eigenvalue weighted by molar-refractivity contribution is 14.0. The second-order valence-electron chi connectivity index (χ2n) is 7.00. The van der Waals surface area contributed by atoms with Crippen LogP contribution in [0.3, 0.4) is 0 Å². The Bertz CT molecular complexity index is 486. The Morgan fingerprint density at radius 2 is 1.88 bits per heavy atom. The Morgan fingerprint density at radius 3 is 2.48 bits per heavy atom. The molecule has 2 heterocycles. The van der Waals surface area contributed by atoms with Crippen LogP contribution in [-0.2, 0) is 0 Å². The number of guanidine groups is 1. The predicted molar refractivity (Wildman–Crippen MR) is 121 cm³/mol. The van der Waals surface area contributed by atoms with Crippen LogP contribution < -0.4 is 10.6 Å². The number of nitrogens with zero attached hydrogens (tertiary/aromatic N) is 3. The minimum atomic E-state index is 0. The van der Waals surface area contributed by atoms with Gasteiger partial charge in [0.2, 0.25) is 0 Å². The fraction of sp³-hybridized carbons (Fsp3) is 0.722. The summed E-state index contributed by atoms with van der Waals surface area (Å²) in [4.78, 5) is 9.32. The van der Waals surface area contributed by atoms with Crippen LogP contribution in [0.5, 0.6) is 0 Å². The lowest BCUT2D eigenvalue weighted by atomic mass is 10.1. The normalized spacial score (nSPS) is 19.1. The molecule has 5 nitrogen and oxygen atoms in total. The maximum absolute atomic E-state index is 4.35. The van der Waals surface area contributed by atoms with Crippen molar-refractivity contribution in [3.8, 4) is 0 Å². The highest BCUT2D eigenvalue weighted by atomic mass is 127. The van der Waals surface area contributed by atoms with E-state index in [1.807, 2.05) is 7.05 Å². The number of piperazine rings is 1. The molecule has 25 heavy (non-hydrogen) atoms. The Hall–Kier alpha value is -0.380. The van der Waals surface area contributed by atoms with Gasteiger partial charge in [-0.3, -0.25) is 4.99 Å². The molecule has 0 amide bonds. The van der Waals surface area contributed by atoms with E-state index in [1.165, 1.54) is 31.7 Å². The van der Waals surface area contributed by atoms with Gasteiger partial charge in [-0.05, 0) is 41.3 Å². The van der Waals surface area contributed by atoms with Gasteiger partial charge in [0.15, 0.2) is 5.96 Å². The number of likely N-dealkylation sites (N-methyl/N-ethyl adjacent to an activating group) is 1. The van der Waals surface area contributed by atoms with Crippen molar-refractivity contribution in [2.45, 2.75) is 19.8 Å². The Balaban J connectivity index is 0.00000312. The molecule has 0 aliphatic carbocycles. The zero-order valence-corrected chi connectivity index (χ0v) is 19.1. The van der Waals surface area contributed by atoms with E-state index >= 15 is 0 Å². The third-order valence-electron chi connectivity index (χ3n) is 4.70. The highest BCUT2D eigenvalue weighted by Gasteiger charge is 2.16. The van der Waals surface area contributed by atoms with Crippen molar-refractivity contribution in [3.63, 3.8) is 0 Å². The molecule has 1 saturated heterocycles. The van der Waals surface area contributed by atoms with Crippen LogP contribution in [0.2, 0.25) is 0 Å². The minimum Gasteiger partial charge on any atom is -0.356 e. The summed E-state index contributed by atoms with van der Waals surface area (Å²) in [7, 11) is 4.05. The Labute approximate surface area is 174 Å².